The van der Waals surface area contributed by atoms with Crippen molar-refractivity contribution in [3.63, 3.8) is 0 Å². The van der Waals surface area contributed by atoms with E-state index in [1.165, 1.54) is 46.6 Å². The van der Waals surface area contributed by atoms with Crippen molar-refractivity contribution in [2.45, 2.75) is 32.4 Å². The molecular weight excluding hydrogens is 284 g/mol. The first kappa shape index (κ1) is 12.9. The summed E-state index contributed by atoms with van der Waals surface area (Å²) in [5.41, 5.74) is 4.62. The minimum atomic E-state index is 0.805. The number of hydrogen-bond acceptors (Lipinski definition) is 1. The fraction of sp³-hybridized carbons (Fsp3) is 0.250. The molecule has 0 atom stereocenters. The monoisotopic (exact) mass is 302 g/mol. The van der Waals surface area contributed by atoms with Crippen LogP contribution in [0.3, 0.4) is 0 Å². The molecule has 0 saturated carbocycles. The van der Waals surface area contributed by atoms with E-state index in [0.717, 1.165) is 30.3 Å². The number of rotatable bonds is 1. The topological polar surface area (TPSA) is 26.9 Å². The second-order valence-electron chi connectivity index (χ2n) is 6.48. The number of carbonyl (C=O) groups is 1. The molecule has 0 saturated heterocycles. The van der Waals surface area contributed by atoms with Crippen LogP contribution in [0.25, 0.3) is 32.7 Å². The van der Waals surface area contributed by atoms with Crippen LogP contribution in [0.4, 0.5) is 0 Å². The summed E-state index contributed by atoms with van der Waals surface area (Å²) < 4.78 is 4.76. The van der Waals surface area contributed by atoms with Gasteiger partial charge in [0, 0.05) is 46.5 Å². The average Bonchev–Trinajstić information content (AvgIpc) is 3.12. The highest BCUT2D eigenvalue weighted by Crippen LogP contribution is 2.36. The molecule has 0 unspecified atom stereocenters. The Morgan fingerprint density at radius 1 is 0.826 bits per heavy atom. The van der Waals surface area contributed by atoms with Gasteiger partial charge in [0.15, 0.2) is 6.29 Å². The molecule has 3 heterocycles. The van der Waals surface area contributed by atoms with E-state index in [1.54, 1.807) is 0 Å². The molecule has 0 radical (unpaired) electrons. The minimum Gasteiger partial charge on any atom is -0.345 e. The predicted molar refractivity (Wildman–Crippen MR) is 94.2 cm³/mol. The van der Waals surface area contributed by atoms with E-state index in [0.29, 0.717) is 0 Å². The number of aldehydes is 1. The van der Waals surface area contributed by atoms with Crippen molar-refractivity contribution in [1.82, 2.24) is 9.13 Å². The Morgan fingerprint density at radius 2 is 1.65 bits per heavy atom. The standard InChI is InChI=1S/C20H18N2O/c23-13-14-12-21-10-4-1-5-11-22-18-7-3-2-6-16(18)17-9-8-15(14)19(21)20(17)22/h2-3,6-9,12-13H,1,4-5,10-11H2. The van der Waals surface area contributed by atoms with Crippen molar-refractivity contribution in [3.8, 4) is 0 Å². The fourth-order valence-electron chi connectivity index (χ4n) is 4.18. The molecule has 2 aromatic carbocycles. The predicted octanol–water partition coefficient (Wildman–Crippen LogP) is 4.75. The number of aryl methyl sites for hydroxylation is 2. The van der Waals surface area contributed by atoms with Crippen LogP contribution in [0.1, 0.15) is 29.6 Å². The normalized spacial score (nSPS) is 15.1. The van der Waals surface area contributed by atoms with Gasteiger partial charge in [-0.2, -0.15) is 0 Å². The van der Waals surface area contributed by atoms with Gasteiger partial charge in [0.2, 0.25) is 0 Å². The van der Waals surface area contributed by atoms with Gasteiger partial charge < -0.3 is 9.13 Å². The third-order valence-electron chi connectivity index (χ3n) is 5.21. The Morgan fingerprint density at radius 3 is 2.57 bits per heavy atom. The van der Waals surface area contributed by atoms with Crippen LogP contribution < -0.4 is 0 Å². The van der Waals surface area contributed by atoms with Crippen molar-refractivity contribution in [2.75, 3.05) is 0 Å². The lowest BCUT2D eigenvalue weighted by atomic mass is 10.1. The molecule has 4 aromatic rings. The number of hydrogen-bond donors (Lipinski definition) is 0. The van der Waals surface area contributed by atoms with Crippen molar-refractivity contribution in [2.24, 2.45) is 0 Å². The molecule has 1 aliphatic heterocycles. The van der Waals surface area contributed by atoms with E-state index in [4.69, 9.17) is 0 Å². The molecule has 0 bridgehead atoms. The average molecular weight is 302 g/mol. The lowest BCUT2D eigenvalue weighted by Gasteiger charge is -2.07. The molecule has 0 spiro atoms. The quantitative estimate of drug-likeness (QED) is 0.466. The number of para-hydroxylation sites is 1. The van der Waals surface area contributed by atoms with E-state index in [2.05, 4.69) is 45.5 Å². The van der Waals surface area contributed by atoms with Crippen LogP contribution in [0.15, 0.2) is 42.6 Å². The van der Waals surface area contributed by atoms with Crippen LogP contribution in [-0.2, 0) is 13.1 Å². The second-order valence-corrected chi connectivity index (χ2v) is 6.48. The Labute approximate surface area is 134 Å². The van der Waals surface area contributed by atoms with Crippen LogP contribution in [0, 0.1) is 0 Å². The Balaban J connectivity index is 2.07. The first-order chi connectivity index (χ1) is 11.4. The molecule has 0 fully saturated rings. The largest absolute Gasteiger partial charge is 0.345 e. The van der Waals surface area contributed by atoms with Crippen LogP contribution in [0.2, 0.25) is 0 Å². The summed E-state index contributed by atoms with van der Waals surface area (Å²) in [6.07, 6.45) is 6.61. The highest BCUT2D eigenvalue weighted by molar-refractivity contribution is 6.18. The molecule has 3 heteroatoms. The molecule has 2 aromatic heterocycles. The molecule has 23 heavy (non-hydrogen) atoms. The zero-order valence-electron chi connectivity index (χ0n) is 13.0. The van der Waals surface area contributed by atoms with Crippen molar-refractivity contribution >= 4 is 39.0 Å². The maximum atomic E-state index is 11.5. The Kier molecular flexibility index (Phi) is 2.66. The van der Waals surface area contributed by atoms with Gasteiger partial charge in [0.25, 0.3) is 0 Å². The van der Waals surface area contributed by atoms with Gasteiger partial charge in [-0.25, -0.2) is 0 Å². The van der Waals surface area contributed by atoms with Gasteiger partial charge in [-0.15, -0.1) is 0 Å². The minimum absolute atomic E-state index is 0.805. The number of nitrogens with zero attached hydrogens (tertiary/aromatic N) is 2. The molecule has 1 aliphatic rings. The van der Waals surface area contributed by atoms with Crippen molar-refractivity contribution < 1.29 is 4.79 Å². The molecule has 0 N–H and O–H groups in total. The second kappa shape index (κ2) is 4.72. The summed E-state index contributed by atoms with van der Waals surface area (Å²) in [7, 11) is 0. The van der Waals surface area contributed by atoms with E-state index < -0.39 is 0 Å². The lowest BCUT2D eigenvalue weighted by Crippen LogP contribution is -1.97. The molecule has 114 valence electrons. The molecule has 3 nitrogen and oxygen atoms in total. The van der Waals surface area contributed by atoms with Gasteiger partial charge in [-0.3, -0.25) is 4.79 Å². The van der Waals surface area contributed by atoms with E-state index >= 15 is 0 Å². The fourth-order valence-corrected chi connectivity index (χ4v) is 4.18. The Hall–Kier alpha value is -2.55. The number of benzene rings is 2. The maximum absolute atomic E-state index is 11.5. The first-order valence-electron chi connectivity index (χ1n) is 8.36. The van der Waals surface area contributed by atoms with Gasteiger partial charge in [-0.1, -0.05) is 30.3 Å². The molecule has 0 aliphatic carbocycles. The summed E-state index contributed by atoms with van der Waals surface area (Å²) >= 11 is 0. The SMILES string of the molecule is O=Cc1cn2c3c1ccc1c4ccccc4n(c13)CCCCC2. The van der Waals surface area contributed by atoms with E-state index in [1.807, 2.05) is 6.20 Å². The van der Waals surface area contributed by atoms with Gasteiger partial charge in [0.1, 0.15) is 0 Å². The van der Waals surface area contributed by atoms with Crippen LogP contribution in [-0.4, -0.2) is 15.4 Å². The third kappa shape index (κ3) is 1.68. The highest BCUT2D eigenvalue weighted by Gasteiger charge is 2.18. The van der Waals surface area contributed by atoms with Crippen molar-refractivity contribution in [3.05, 3.63) is 48.2 Å². The van der Waals surface area contributed by atoms with Crippen molar-refractivity contribution in [1.29, 1.82) is 0 Å². The van der Waals surface area contributed by atoms with E-state index in [-0.39, 0.29) is 0 Å². The smallest absolute Gasteiger partial charge is 0.152 e. The number of fused-ring (bicyclic) bond motifs is 3. The van der Waals surface area contributed by atoms with Crippen LogP contribution >= 0.6 is 0 Å². The lowest BCUT2D eigenvalue weighted by molar-refractivity contribution is 0.112. The number of aromatic nitrogens is 2. The van der Waals surface area contributed by atoms with E-state index in [9.17, 15) is 4.79 Å². The molecule has 5 rings (SSSR count). The van der Waals surface area contributed by atoms with Gasteiger partial charge in [0.05, 0.1) is 11.0 Å². The zero-order chi connectivity index (χ0) is 15.4. The number of carbonyl (C=O) groups excluding carboxylic acids is 1. The molecule has 0 amide bonds. The van der Waals surface area contributed by atoms with Crippen LogP contribution in [0.5, 0.6) is 0 Å². The Bertz CT molecular complexity index is 1070. The van der Waals surface area contributed by atoms with Gasteiger partial charge in [-0.05, 0) is 25.3 Å². The van der Waals surface area contributed by atoms with Gasteiger partial charge >= 0.3 is 0 Å². The summed E-state index contributed by atoms with van der Waals surface area (Å²) in [6.45, 7) is 2.04. The molecular formula is C20H18N2O. The highest BCUT2D eigenvalue weighted by atomic mass is 16.1. The third-order valence-corrected chi connectivity index (χ3v) is 5.21. The summed E-state index contributed by atoms with van der Waals surface area (Å²) in [5.74, 6) is 0. The zero-order valence-corrected chi connectivity index (χ0v) is 13.0. The summed E-state index contributed by atoms with van der Waals surface area (Å²) in [4.78, 5) is 11.5. The first-order valence-corrected chi connectivity index (χ1v) is 8.36. The summed E-state index contributed by atoms with van der Waals surface area (Å²) in [6, 6.07) is 13.0. The summed E-state index contributed by atoms with van der Waals surface area (Å²) in [5, 5.41) is 3.69. The maximum Gasteiger partial charge on any atom is 0.152 e.